The molecule has 2 heterocycles. The lowest BCUT2D eigenvalue weighted by Gasteiger charge is -2.21. The van der Waals surface area contributed by atoms with E-state index in [2.05, 4.69) is 10.3 Å². The number of pyridine rings is 1. The number of nitrogens with one attached hydrogen (secondary N) is 1. The van der Waals surface area contributed by atoms with Crippen LogP contribution in [0.25, 0.3) is 0 Å². The van der Waals surface area contributed by atoms with Crippen molar-refractivity contribution in [1.29, 1.82) is 0 Å². The maximum Gasteiger partial charge on any atom is 0.255 e. The first-order valence-corrected chi connectivity index (χ1v) is 6.39. The van der Waals surface area contributed by atoms with Gasteiger partial charge in [-0.15, -0.1) is 0 Å². The molecule has 1 N–H and O–H groups in total. The second-order valence-corrected chi connectivity index (χ2v) is 4.42. The number of rotatable bonds is 5. The van der Waals surface area contributed by atoms with Gasteiger partial charge in [-0.1, -0.05) is 0 Å². The van der Waals surface area contributed by atoms with Crippen molar-refractivity contribution < 1.29 is 13.9 Å². The van der Waals surface area contributed by atoms with Crippen LogP contribution < -0.4 is 14.8 Å². The Morgan fingerprint density at radius 3 is 3.11 bits per heavy atom. The minimum atomic E-state index is -0.601. The summed E-state index contributed by atoms with van der Waals surface area (Å²) >= 11 is 0. The van der Waals surface area contributed by atoms with Gasteiger partial charge < -0.3 is 14.8 Å². The van der Waals surface area contributed by atoms with Gasteiger partial charge in [0.25, 0.3) is 5.95 Å². The van der Waals surface area contributed by atoms with Gasteiger partial charge in [-0.3, -0.25) is 0 Å². The zero-order valence-electron chi connectivity index (χ0n) is 10.8. The second kappa shape index (κ2) is 6.00. The quantitative estimate of drug-likeness (QED) is 0.818. The monoisotopic (exact) mass is 254 g/mol. The van der Waals surface area contributed by atoms with Crippen molar-refractivity contribution in [2.24, 2.45) is 0 Å². The van der Waals surface area contributed by atoms with Gasteiger partial charge in [-0.25, -0.2) is 4.98 Å². The van der Waals surface area contributed by atoms with E-state index in [0.29, 0.717) is 18.4 Å². The van der Waals surface area contributed by atoms with Crippen LogP contribution in [0.15, 0.2) is 12.3 Å². The number of halogens is 1. The first-order valence-electron chi connectivity index (χ1n) is 6.39. The molecule has 2 atom stereocenters. The summed E-state index contributed by atoms with van der Waals surface area (Å²) in [5.74, 6) is 0.0819. The van der Waals surface area contributed by atoms with Gasteiger partial charge in [0.1, 0.15) is 11.9 Å². The predicted molar refractivity (Wildman–Crippen MR) is 66.5 cm³/mol. The Kier molecular flexibility index (Phi) is 4.36. The Bertz CT molecular complexity index is 395. The smallest absolute Gasteiger partial charge is 0.255 e. The minimum Gasteiger partial charge on any atom is -0.489 e. The molecule has 2 rings (SSSR count). The van der Waals surface area contributed by atoms with E-state index < -0.39 is 5.95 Å². The molecule has 1 saturated heterocycles. The largest absolute Gasteiger partial charge is 0.489 e. The summed E-state index contributed by atoms with van der Waals surface area (Å²) in [6.07, 6.45) is 3.70. The number of hydrogen-bond donors (Lipinski definition) is 1. The van der Waals surface area contributed by atoms with Crippen LogP contribution in [0, 0.1) is 5.95 Å². The number of hydrogen-bond acceptors (Lipinski definition) is 4. The van der Waals surface area contributed by atoms with Crippen LogP contribution >= 0.6 is 0 Å². The lowest BCUT2D eigenvalue weighted by molar-refractivity contribution is 0.177. The molecule has 1 fully saturated rings. The van der Waals surface area contributed by atoms with Gasteiger partial charge in [0.05, 0.1) is 12.8 Å². The molecule has 1 aromatic rings. The van der Waals surface area contributed by atoms with Gasteiger partial charge in [0, 0.05) is 12.1 Å². The van der Waals surface area contributed by atoms with E-state index in [-0.39, 0.29) is 11.9 Å². The molecule has 1 aliphatic rings. The van der Waals surface area contributed by atoms with E-state index in [1.807, 2.05) is 6.92 Å². The van der Waals surface area contributed by atoms with E-state index in [0.717, 1.165) is 13.0 Å². The third kappa shape index (κ3) is 3.10. The Morgan fingerprint density at radius 1 is 1.61 bits per heavy atom. The van der Waals surface area contributed by atoms with Crippen LogP contribution in [-0.2, 0) is 0 Å². The molecular formula is C13H19FN2O2. The highest BCUT2D eigenvalue weighted by Gasteiger charge is 2.22. The summed E-state index contributed by atoms with van der Waals surface area (Å²) < 4.78 is 24.2. The summed E-state index contributed by atoms with van der Waals surface area (Å²) in [5.41, 5.74) is 0. The van der Waals surface area contributed by atoms with Crippen molar-refractivity contribution in [2.45, 2.75) is 38.8 Å². The van der Waals surface area contributed by atoms with Crippen molar-refractivity contribution >= 4 is 0 Å². The molecule has 1 aromatic heterocycles. The zero-order chi connectivity index (χ0) is 13.0. The maximum absolute atomic E-state index is 13.3. The van der Waals surface area contributed by atoms with Crippen LogP contribution in [0.5, 0.6) is 11.5 Å². The first kappa shape index (κ1) is 13.1. The van der Waals surface area contributed by atoms with Crippen molar-refractivity contribution in [3.05, 3.63) is 18.2 Å². The minimum absolute atomic E-state index is 0.0363. The molecule has 0 radical (unpaired) electrons. The summed E-state index contributed by atoms with van der Waals surface area (Å²) in [7, 11) is 0. The molecule has 100 valence electrons. The third-order valence-corrected chi connectivity index (χ3v) is 3.07. The molecule has 1 unspecified atom stereocenters. The Morgan fingerprint density at radius 2 is 2.44 bits per heavy atom. The molecule has 0 spiro atoms. The molecule has 1 aliphatic heterocycles. The highest BCUT2D eigenvalue weighted by atomic mass is 19.1. The lowest BCUT2D eigenvalue weighted by atomic mass is 10.1. The van der Waals surface area contributed by atoms with E-state index in [4.69, 9.17) is 9.47 Å². The van der Waals surface area contributed by atoms with Gasteiger partial charge >= 0.3 is 0 Å². The van der Waals surface area contributed by atoms with Gasteiger partial charge in [-0.2, -0.15) is 4.39 Å². The lowest BCUT2D eigenvalue weighted by Crippen LogP contribution is -2.36. The molecule has 0 saturated carbocycles. The van der Waals surface area contributed by atoms with Crippen LogP contribution in [0.1, 0.15) is 26.7 Å². The molecule has 0 amide bonds. The number of aromatic nitrogens is 1. The van der Waals surface area contributed by atoms with Gasteiger partial charge in [0.15, 0.2) is 5.75 Å². The number of nitrogens with zero attached hydrogens (tertiary/aromatic N) is 1. The summed E-state index contributed by atoms with van der Waals surface area (Å²) in [5, 5.41) is 3.38. The molecule has 0 aromatic carbocycles. The predicted octanol–water partition coefficient (Wildman–Crippen LogP) is 2.14. The van der Waals surface area contributed by atoms with Crippen molar-refractivity contribution in [3.63, 3.8) is 0 Å². The van der Waals surface area contributed by atoms with Crippen LogP contribution in [-0.4, -0.2) is 30.3 Å². The summed E-state index contributed by atoms with van der Waals surface area (Å²) in [6.45, 7) is 5.25. The third-order valence-electron chi connectivity index (χ3n) is 3.07. The highest BCUT2D eigenvalue weighted by molar-refractivity contribution is 5.29. The van der Waals surface area contributed by atoms with E-state index in [1.54, 1.807) is 13.0 Å². The van der Waals surface area contributed by atoms with E-state index in [1.165, 1.54) is 12.6 Å². The average molecular weight is 254 g/mol. The molecule has 0 bridgehead atoms. The summed E-state index contributed by atoms with van der Waals surface area (Å²) in [4.78, 5) is 3.64. The zero-order valence-corrected chi connectivity index (χ0v) is 10.8. The fourth-order valence-electron chi connectivity index (χ4n) is 2.14. The standard InChI is InChI=1S/C13H19FN2O2/c1-3-17-12-7-10(8-16-13(12)14)18-9(2)11-5-4-6-15-11/h7-9,11,15H,3-6H2,1-2H3/t9?,11-/m0/s1. The SMILES string of the molecule is CCOc1cc(OC(C)[C@@H]2CCCN2)cnc1F. The van der Waals surface area contributed by atoms with Crippen LogP contribution in [0.2, 0.25) is 0 Å². The Labute approximate surface area is 107 Å². The molecule has 4 nitrogen and oxygen atoms in total. The van der Waals surface area contributed by atoms with Gasteiger partial charge in [-0.05, 0) is 33.2 Å². The van der Waals surface area contributed by atoms with E-state index >= 15 is 0 Å². The van der Waals surface area contributed by atoms with Crippen LogP contribution in [0.4, 0.5) is 4.39 Å². The maximum atomic E-state index is 13.3. The average Bonchev–Trinajstić information content (AvgIpc) is 2.87. The van der Waals surface area contributed by atoms with Gasteiger partial charge in [0.2, 0.25) is 0 Å². The molecule has 5 heteroatoms. The second-order valence-electron chi connectivity index (χ2n) is 4.42. The Balaban J connectivity index is 2.01. The normalized spacial score (nSPS) is 20.7. The van der Waals surface area contributed by atoms with Crippen molar-refractivity contribution in [1.82, 2.24) is 10.3 Å². The van der Waals surface area contributed by atoms with Crippen LogP contribution in [0.3, 0.4) is 0 Å². The van der Waals surface area contributed by atoms with Crippen molar-refractivity contribution in [3.8, 4) is 11.5 Å². The molecule has 0 aliphatic carbocycles. The fraction of sp³-hybridized carbons (Fsp3) is 0.615. The van der Waals surface area contributed by atoms with E-state index in [9.17, 15) is 4.39 Å². The Hall–Kier alpha value is -1.36. The number of ether oxygens (including phenoxy) is 2. The summed E-state index contributed by atoms with van der Waals surface area (Å²) in [6, 6.07) is 1.91. The van der Waals surface area contributed by atoms with Crippen molar-refractivity contribution in [2.75, 3.05) is 13.2 Å². The molecule has 18 heavy (non-hydrogen) atoms. The first-order chi connectivity index (χ1) is 8.70. The fourth-order valence-corrected chi connectivity index (χ4v) is 2.14. The topological polar surface area (TPSA) is 43.4 Å². The highest BCUT2D eigenvalue weighted by Crippen LogP contribution is 2.23. The molecular weight excluding hydrogens is 235 g/mol.